The summed E-state index contributed by atoms with van der Waals surface area (Å²) >= 11 is 0. The second-order valence-corrected chi connectivity index (χ2v) is 2.97. The zero-order chi connectivity index (χ0) is 12.4. The quantitative estimate of drug-likeness (QED) is 0.206. The van der Waals surface area contributed by atoms with Crippen LogP contribution < -0.4 is 11.1 Å². The standard InChI is InChI=1S/C11H17N3O2/c1-3-4-5-6-9(2)7-10(15)16-8-14-11(12)13/h3-6H,2,7-8H2,1H3,(H4,12,13,14)/b4-3-,6-5-. The summed E-state index contributed by atoms with van der Waals surface area (Å²) in [5.41, 5.74) is 5.66. The molecule has 0 spiro atoms. The fraction of sp³-hybridized carbons (Fsp3) is 0.273. The molecule has 0 amide bonds. The SMILES string of the molecule is C=C(/C=C\C=C/C)CC(=O)OCNC(=N)N. The van der Waals surface area contributed by atoms with Gasteiger partial charge in [0.25, 0.3) is 0 Å². The van der Waals surface area contributed by atoms with Gasteiger partial charge < -0.3 is 15.8 Å². The Labute approximate surface area is 95.2 Å². The van der Waals surface area contributed by atoms with Crippen molar-refractivity contribution in [2.45, 2.75) is 13.3 Å². The van der Waals surface area contributed by atoms with Crippen LogP contribution in [0, 0.1) is 5.41 Å². The van der Waals surface area contributed by atoms with Gasteiger partial charge in [-0.15, -0.1) is 0 Å². The lowest BCUT2D eigenvalue weighted by Gasteiger charge is -2.05. The van der Waals surface area contributed by atoms with Crippen molar-refractivity contribution in [3.8, 4) is 0 Å². The van der Waals surface area contributed by atoms with Crippen LogP contribution in [0.3, 0.4) is 0 Å². The Morgan fingerprint density at radius 3 is 2.81 bits per heavy atom. The van der Waals surface area contributed by atoms with Crippen molar-refractivity contribution < 1.29 is 9.53 Å². The molecule has 0 saturated heterocycles. The van der Waals surface area contributed by atoms with Crippen molar-refractivity contribution in [1.82, 2.24) is 5.32 Å². The highest BCUT2D eigenvalue weighted by atomic mass is 16.5. The molecule has 0 fully saturated rings. The van der Waals surface area contributed by atoms with E-state index in [0.717, 1.165) is 0 Å². The van der Waals surface area contributed by atoms with Gasteiger partial charge in [-0.25, -0.2) is 0 Å². The van der Waals surface area contributed by atoms with Crippen LogP contribution in [-0.2, 0) is 9.53 Å². The van der Waals surface area contributed by atoms with Gasteiger partial charge in [0.2, 0.25) is 0 Å². The number of esters is 1. The highest BCUT2D eigenvalue weighted by Gasteiger charge is 2.02. The van der Waals surface area contributed by atoms with Crippen molar-refractivity contribution in [2.75, 3.05) is 6.73 Å². The number of nitrogens with one attached hydrogen (secondary N) is 2. The first-order valence-electron chi connectivity index (χ1n) is 4.77. The molecule has 0 bridgehead atoms. The van der Waals surface area contributed by atoms with Crippen LogP contribution in [0.1, 0.15) is 13.3 Å². The number of carbonyl (C=O) groups excluding carboxylic acids is 1. The van der Waals surface area contributed by atoms with Crippen LogP contribution in [0.4, 0.5) is 0 Å². The predicted octanol–water partition coefficient (Wildman–Crippen LogP) is 1.05. The number of allylic oxidation sites excluding steroid dienone is 4. The summed E-state index contributed by atoms with van der Waals surface area (Å²) < 4.78 is 4.75. The number of hydrogen-bond acceptors (Lipinski definition) is 3. The molecule has 0 unspecified atom stereocenters. The molecule has 0 heterocycles. The number of hydrogen-bond donors (Lipinski definition) is 3. The number of nitrogens with two attached hydrogens (primary N) is 1. The van der Waals surface area contributed by atoms with Gasteiger partial charge in [0.1, 0.15) is 0 Å². The van der Waals surface area contributed by atoms with Gasteiger partial charge in [0.05, 0.1) is 6.42 Å². The van der Waals surface area contributed by atoms with Gasteiger partial charge >= 0.3 is 5.97 Å². The largest absolute Gasteiger partial charge is 0.444 e. The zero-order valence-electron chi connectivity index (χ0n) is 9.32. The van der Waals surface area contributed by atoms with Crippen LogP contribution >= 0.6 is 0 Å². The van der Waals surface area contributed by atoms with Gasteiger partial charge in [-0.2, -0.15) is 0 Å². The summed E-state index contributed by atoms with van der Waals surface area (Å²) in [6.45, 7) is 5.50. The van der Waals surface area contributed by atoms with Crippen molar-refractivity contribution in [3.05, 3.63) is 36.5 Å². The Kier molecular flexibility index (Phi) is 7.23. The Balaban J connectivity index is 3.78. The third-order valence-corrected chi connectivity index (χ3v) is 1.50. The molecule has 0 aromatic rings. The van der Waals surface area contributed by atoms with E-state index in [1.54, 1.807) is 12.2 Å². The van der Waals surface area contributed by atoms with Crippen LogP contribution in [-0.4, -0.2) is 18.7 Å². The highest BCUT2D eigenvalue weighted by molar-refractivity contribution is 5.75. The van der Waals surface area contributed by atoms with E-state index in [2.05, 4.69) is 11.9 Å². The van der Waals surface area contributed by atoms with E-state index < -0.39 is 5.97 Å². The van der Waals surface area contributed by atoms with Crippen LogP contribution in [0.2, 0.25) is 0 Å². The second kappa shape index (κ2) is 8.28. The van der Waals surface area contributed by atoms with Gasteiger partial charge in [-0.3, -0.25) is 10.2 Å². The minimum absolute atomic E-state index is 0.0972. The summed E-state index contributed by atoms with van der Waals surface area (Å²) in [4.78, 5) is 11.2. The maximum absolute atomic E-state index is 11.2. The molecule has 0 radical (unpaired) electrons. The summed E-state index contributed by atoms with van der Waals surface area (Å²) in [6, 6.07) is 0. The van der Waals surface area contributed by atoms with Crippen LogP contribution in [0.5, 0.6) is 0 Å². The average Bonchev–Trinajstić information content (AvgIpc) is 2.17. The van der Waals surface area contributed by atoms with Crippen molar-refractivity contribution in [1.29, 1.82) is 5.41 Å². The van der Waals surface area contributed by atoms with Gasteiger partial charge in [0.15, 0.2) is 12.7 Å². The van der Waals surface area contributed by atoms with E-state index >= 15 is 0 Å². The molecule has 0 aliphatic rings. The van der Waals surface area contributed by atoms with Crippen LogP contribution in [0.25, 0.3) is 0 Å². The lowest BCUT2D eigenvalue weighted by atomic mass is 10.2. The first kappa shape index (κ1) is 14.0. The minimum atomic E-state index is -0.413. The molecular weight excluding hydrogens is 206 g/mol. The Bertz CT molecular complexity index is 319. The summed E-state index contributed by atoms with van der Waals surface area (Å²) in [5, 5.41) is 9.19. The molecule has 16 heavy (non-hydrogen) atoms. The number of carbonyl (C=O) groups is 1. The summed E-state index contributed by atoms with van der Waals surface area (Å²) in [6.07, 6.45) is 7.36. The van der Waals surface area contributed by atoms with E-state index in [4.69, 9.17) is 15.9 Å². The van der Waals surface area contributed by atoms with E-state index in [-0.39, 0.29) is 19.1 Å². The molecule has 4 N–H and O–H groups in total. The second-order valence-electron chi connectivity index (χ2n) is 2.97. The van der Waals surface area contributed by atoms with Gasteiger partial charge in [-0.1, -0.05) is 30.9 Å². The van der Waals surface area contributed by atoms with Crippen molar-refractivity contribution in [3.63, 3.8) is 0 Å². The highest BCUT2D eigenvalue weighted by Crippen LogP contribution is 2.01. The van der Waals surface area contributed by atoms with E-state index in [0.29, 0.717) is 5.57 Å². The fourth-order valence-electron chi connectivity index (χ4n) is 0.792. The summed E-state index contributed by atoms with van der Waals surface area (Å²) in [7, 11) is 0. The molecule has 0 atom stereocenters. The lowest BCUT2D eigenvalue weighted by molar-refractivity contribution is -0.143. The molecule has 0 saturated carbocycles. The first-order valence-corrected chi connectivity index (χ1v) is 4.77. The molecule has 0 aliphatic carbocycles. The fourth-order valence-corrected chi connectivity index (χ4v) is 0.792. The Morgan fingerprint density at radius 2 is 2.25 bits per heavy atom. The van der Waals surface area contributed by atoms with E-state index in [1.165, 1.54) is 0 Å². The third-order valence-electron chi connectivity index (χ3n) is 1.50. The molecule has 5 heteroatoms. The molecule has 0 aliphatic heterocycles. The Hall–Kier alpha value is -2.04. The maximum atomic E-state index is 11.2. The molecular formula is C11H17N3O2. The Morgan fingerprint density at radius 1 is 1.56 bits per heavy atom. The average molecular weight is 223 g/mol. The maximum Gasteiger partial charge on any atom is 0.311 e. The van der Waals surface area contributed by atoms with Crippen molar-refractivity contribution >= 4 is 11.9 Å². The van der Waals surface area contributed by atoms with Crippen molar-refractivity contribution in [2.24, 2.45) is 5.73 Å². The third kappa shape index (κ3) is 8.55. The lowest BCUT2D eigenvalue weighted by Crippen LogP contribution is -2.33. The zero-order valence-corrected chi connectivity index (χ0v) is 9.32. The smallest absolute Gasteiger partial charge is 0.311 e. The number of ether oxygens (including phenoxy) is 1. The minimum Gasteiger partial charge on any atom is -0.444 e. The van der Waals surface area contributed by atoms with E-state index in [9.17, 15) is 4.79 Å². The van der Waals surface area contributed by atoms with Gasteiger partial charge in [-0.05, 0) is 12.5 Å². The van der Waals surface area contributed by atoms with Gasteiger partial charge in [0, 0.05) is 0 Å². The molecule has 88 valence electrons. The number of guanidine groups is 1. The summed E-state index contributed by atoms with van der Waals surface area (Å²) in [5.74, 6) is -0.650. The van der Waals surface area contributed by atoms with Crippen LogP contribution in [0.15, 0.2) is 36.5 Å². The number of rotatable bonds is 6. The molecule has 0 aromatic carbocycles. The topological polar surface area (TPSA) is 88.2 Å². The molecule has 0 rings (SSSR count). The monoisotopic (exact) mass is 223 g/mol. The first-order chi connectivity index (χ1) is 7.56. The normalized spacial score (nSPS) is 10.6. The molecule has 5 nitrogen and oxygen atoms in total. The molecule has 0 aromatic heterocycles. The predicted molar refractivity (Wildman–Crippen MR) is 63.7 cm³/mol. The van der Waals surface area contributed by atoms with E-state index in [1.807, 2.05) is 19.1 Å².